The highest BCUT2D eigenvalue weighted by Gasteiger charge is 2.17. The molecule has 0 saturated heterocycles. The monoisotopic (exact) mass is 370 g/mol. The van der Waals surface area contributed by atoms with Gasteiger partial charge in [-0.25, -0.2) is 4.98 Å². The third-order valence-electron chi connectivity index (χ3n) is 3.75. The van der Waals surface area contributed by atoms with Crippen molar-refractivity contribution >= 4 is 6.47 Å². The van der Waals surface area contributed by atoms with Crippen LogP contribution in [-0.4, -0.2) is 45.3 Å². The normalized spacial score (nSPS) is 9.93. The van der Waals surface area contributed by atoms with Crippen LogP contribution < -0.4 is 9.47 Å². The second kappa shape index (κ2) is 9.33. The summed E-state index contributed by atoms with van der Waals surface area (Å²) in [5.41, 5.74) is 3.74. The van der Waals surface area contributed by atoms with Crippen molar-refractivity contribution in [3.05, 3.63) is 53.9 Å². The molecule has 0 saturated carbocycles. The van der Waals surface area contributed by atoms with Gasteiger partial charge in [0, 0.05) is 18.6 Å². The van der Waals surface area contributed by atoms with E-state index in [9.17, 15) is 0 Å². The molecule has 0 aliphatic rings. The number of nitrogens with zero attached hydrogens (tertiary/aromatic N) is 4. The molecule has 8 heteroatoms. The van der Waals surface area contributed by atoms with Crippen LogP contribution in [0.15, 0.2) is 36.9 Å². The van der Waals surface area contributed by atoms with Crippen LogP contribution in [0.5, 0.6) is 11.5 Å². The molecule has 0 radical (unpaired) electrons. The maximum atomic E-state index is 8.36. The molecular weight excluding hydrogens is 348 g/mol. The zero-order valence-corrected chi connectivity index (χ0v) is 15.7. The van der Waals surface area contributed by atoms with Gasteiger partial charge in [0.15, 0.2) is 11.5 Å². The third-order valence-corrected chi connectivity index (χ3v) is 3.75. The molecular formula is C19H22N4O4. The number of methoxy groups -OCH3 is 2. The first-order chi connectivity index (χ1) is 13.0. The molecule has 2 heterocycles. The van der Waals surface area contributed by atoms with Crippen LogP contribution in [0.3, 0.4) is 0 Å². The lowest BCUT2D eigenvalue weighted by Gasteiger charge is -2.15. The Labute approximate surface area is 157 Å². The van der Waals surface area contributed by atoms with Crippen LogP contribution in [0.4, 0.5) is 0 Å². The minimum Gasteiger partial charge on any atom is -0.493 e. The van der Waals surface area contributed by atoms with Gasteiger partial charge in [-0.1, -0.05) is 0 Å². The molecule has 0 unspecified atom stereocenters. The summed E-state index contributed by atoms with van der Waals surface area (Å²) in [6, 6.07) is 3.99. The second-order valence-corrected chi connectivity index (χ2v) is 5.68. The van der Waals surface area contributed by atoms with E-state index in [4.69, 9.17) is 19.4 Å². The van der Waals surface area contributed by atoms with Gasteiger partial charge in [-0.3, -0.25) is 14.8 Å². The van der Waals surface area contributed by atoms with Crippen molar-refractivity contribution in [1.82, 2.24) is 19.5 Å². The Bertz CT molecular complexity index is 891. The van der Waals surface area contributed by atoms with Gasteiger partial charge in [-0.15, -0.1) is 0 Å². The van der Waals surface area contributed by atoms with E-state index >= 15 is 0 Å². The molecule has 142 valence electrons. The number of aryl methyl sites for hydroxylation is 2. The van der Waals surface area contributed by atoms with E-state index in [1.165, 1.54) is 0 Å². The molecule has 3 aromatic rings. The van der Waals surface area contributed by atoms with Crippen molar-refractivity contribution in [2.75, 3.05) is 14.2 Å². The Hall–Kier alpha value is -3.42. The van der Waals surface area contributed by atoms with Gasteiger partial charge in [0.05, 0.1) is 43.9 Å². The molecule has 1 aromatic carbocycles. The number of ether oxygens (including phenoxy) is 2. The van der Waals surface area contributed by atoms with E-state index in [1.807, 2.05) is 36.7 Å². The lowest BCUT2D eigenvalue weighted by Crippen LogP contribution is -2.05. The minimum atomic E-state index is -0.250. The summed E-state index contributed by atoms with van der Waals surface area (Å²) in [7, 11) is 3.27. The van der Waals surface area contributed by atoms with Gasteiger partial charge in [0.1, 0.15) is 5.82 Å². The highest BCUT2D eigenvalue weighted by Crippen LogP contribution is 2.38. The van der Waals surface area contributed by atoms with Crippen molar-refractivity contribution < 1.29 is 19.4 Å². The number of carbonyl (C=O) groups is 1. The first kappa shape index (κ1) is 19.9. The Morgan fingerprint density at radius 3 is 2.44 bits per heavy atom. The second-order valence-electron chi connectivity index (χ2n) is 5.68. The van der Waals surface area contributed by atoms with Crippen molar-refractivity contribution in [3.63, 3.8) is 0 Å². The fourth-order valence-corrected chi connectivity index (χ4v) is 2.62. The maximum absolute atomic E-state index is 8.36. The van der Waals surface area contributed by atoms with Gasteiger partial charge in [0.25, 0.3) is 6.47 Å². The number of hydrogen-bond donors (Lipinski definition) is 1. The molecule has 0 amide bonds. The number of carboxylic acid groups (broad SMARTS) is 1. The summed E-state index contributed by atoms with van der Waals surface area (Å²) in [5.74, 6) is 2.17. The lowest BCUT2D eigenvalue weighted by molar-refractivity contribution is -0.122. The molecule has 1 N–H and O–H groups in total. The highest BCUT2D eigenvalue weighted by molar-refractivity contribution is 5.70. The van der Waals surface area contributed by atoms with Crippen molar-refractivity contribution in [2.45, 2.75) is 20.4 Å². The van der Waals surface area contributed by atoms with E-state index in [2.05, 4.69) is 15.0 Å². The molecule has 0 fully saturated rings. The average Bonchev–Trinajstić information content (AvgIpc) is 3.11. The molecule has 8 nitrogen and oxygen atoms in total. The number of aromatic nitrogens is 4. The summed E-state index contributed by atoms with van der Waals surface area (Å²) in [6.45, 7) is 4.27. The number of benzene rings is 1. The van der Waals surface area contributed by atoms with Gasteiger partial charge in [0.2, 0.25) is 0 Å². The van der Waals surface area contributed by atoms with Crippen LogP contribution >= 0.6 is 0 Å². The van der Waals surface area contributed by atoms with Crippen LogP contribution in [0.2, 0.25) is 0 Å². The van der Waals surface area contributed by atoms with Crippen LogP contribution in [0.25, 0.3) is 11.4 Å². The molecule has 2 aromatic heterocycles. The van der Waals surface area contributed by atoms with Gasteiger partial charge >= 0.3 is 0 Å². The fourth-order valence-electron chi connectivity index (χ4n) is 2.62. The van der Waals surface area contributed by atoms with Crippen molar-refractivity contribution in [3.8, 4) is 22.9 Å². The molecule has 3 rings (SSSR count). The topological polar surface area (TPSA) is 99.4 Å². The summed E-state index contributed by atoms with van der Waals surface area (Å²) in [6.07, 6.45) is 7.24. The van der Waals surface area contributed by atoms with Crippen LogP contribution in [0, 0.1) is 13.8 Å². The Morgan fingerprint density at radius 2 is 1.85 bits per heavy atom. The first-order valence-electron chi connectivity index (χ1n) is 8.13. The standard InChI is InChI=1S/C18H20N4O2.CH2O2/c1-12-7-15(17(24-4)16(8-12)23-3)18-19-5-6-22(18)11-14-10-20-13(2)9-21-14;2-1-3/h5-10H,11H2,1-4H3;1H,(H,2,3). The van der Waals surface area contributed by atoms with Crippen LogP contribution in [0.1, 0.15) is 17.0 Å². The number of rotatable bonds is 5. The minimum absolute atomic E-state index is 0.250. The third kappa shape index (κ3) is 4.81. The summed E-state index contributed by atoms with van der Waals surface area (Å²) in [4.78, 5) is 21.6. The van der Waals surface area contributed by atoms with Crippen molar-refractivity contribution in [1.29, 1.82) is 0 Å². The average molecular weight is 370 g/mol. The molecule has 0 aliphatic carbocycles. The molecule has 27 heavy (non-hydrogen) atoms. The maximum Gasteiger partial charge on any atom is 0.290 e. The molecule has 0 spiro atoms. The molecule has 0 aliphatic heterocycles. The SMILES string of the molecule is COc1cc(C)cc(-c2nccn2Cc2cnc(C)cn2)c1OC.O=CO. The van der Waals surface area contributed by atoms with E-state index in [-0.39, 0.29) is 6.47 Å². The Kier molecular flexibility index (Phi) is 6.87. The predicted octanol–water partition coefficient (Wildman–Crippen LogP) is 2.72. The zero-order valence-electron chi connectivity index (χ0n) is 15.7. The van der Waals surface area contributed by atoms with Crippen LogP contribution in [-0.2, 0) is 11.3 Å². The molecule has 0 atom stereocenters. The van der Waals surface area contributed by atoms with E-state index in [1.54, 1.807) is 32.8 Å². The van der Waals surface area contributed by atoms with E-state index in [0.29, 0.717) is 18.0 Å². The highest BCUT2D eigenvalue weighted by atomic mass is 16.5. The van der Waals surface area contributed by atoms with Gasteiger partial charge in [-0.05, 0) is 31.5 Å². The molecule has 0 bridgehead atoms. The first-order valence-corrected chi connectivity index (χ1v) is 8.13. The Morgan fingerprint density at radius 1 is 1.11 bits per heavy atom. The Balaban J connectivity index is 0.000000817. The lowest BCUT2D eigenvalue weighted by atomic mass is 10.1. The number of hydrogen-bond acceptors (Lipinski definition) is 6. The summed E-state index contributed by atoms with van der Waals surface area (Å²) >= 11 is 0. The summed E-state index contributed by atoms with van der Waals surface area (Å²) in [5, 5.41) is 6.89. The van der Waals surface area contributed by atoms with Gasteiger partial charge < -0.3 is 19.1 Å². The smallest absolute Gasteiger partial charge is 0.290 e. The zero-order chi connectivity index (χ0) is 19.8. The fraction of sp³-hybridized carbons (Fsp3) is 0.263. The quantitative estimate of drug-likeness (QED) is 0.689. The number of imidazole rings is 1. The van der Waals surface area contributed by atoms with E-state index in [0.717, 1.165) is 28.3 Å². The largest absolute Gasteiger partial charge is 0.493 e. The predicted molar refractivity (Wildman–Crippen MR) is 100 cm³/mol. The van der Waals surface area contributed by atoms with Crippen molar-refractivity contribution in [2.24, 2.45) is 0 Å². The summed E-state index contributed by atoms with van der Waals surface area (Å²) < 4.78 is 13.0. The van der Waals surface area contributed by atoms with E-state index < -0.39 is 0 Å². The van der Waals surface area contributed by atoms with Gasteiger partial charge in [-0.2, -0.15) is 0 Å².